The van der Waals surface area contributed by atoms with Crippen LogP contribution >= 0.6 is 0 Å². The molecule has 0 amide bonds. The van der Waals surface area contributed by atoms with Crippen molar-refractivity contribution in [3.63, 3.8) is 0 Å². The lowest BCUT2D eigenvalue weighted by Crippen LogP contribution is -2.29. The van der Waals surface area contributed by atoms with Crippen molar-refractivity contribution in [2.24, 2.45) is 7.05 Å². The molecule has 1 heterocycles. The Kier molecular flexibility index (Phi) is 5.98. The van der Waals surface area contributed by atoms with E-state index < -0.39 is 15.9 Å². The van der Waals surface area contributed by atoms with Crippen molar-refractivity contribution in [2.45, 2.75) is 20.4 Å². The molecule has 0 aliphatic carbocycles. The third-order valence-electron chi connectivity index (χ3n) is 2.06. The number of rotatable bonds is 3. The van der Waals surface area contributed by atoms with Gasteiger partial charge in [0.1, 0.15) is 12.4 Å². The van der Waals surface area contributed by atoms with Gasteiger partial charge in [-0.05, 0) is 6.92 Å². The Morgan fingerprint density at radius 3 is 2.31 bits per heavy atom. The monoisotopic (exact) mass is 246 g/mol. The fourth-order valence-corrected chi connectivity index (χ4v) is 1.37. The van der Waals surface area contributed by atoms with Crippen molar-refractivity contribution < 1.29 is 17.5 Å². The van der Waals surface area contributed by atoms with Gasteiger partial charge in [0.25, 0.3) is 5.82 Å². The van der Waals surface area contributed by atoms with Crippen molar-refractivity contribution in [1.82, 2.24) is 4.57 Å². The summed E-state index contributed by atoms with van der Waals surface area (Å²) < 4.78 is 33.1. The number of imidazole rings is 1. The van der Waals surface area contributed by atoms with E-state index in [0.29, 0.717) is 0 Å². The molecule has 92 valence electrons. The van der Waals surface area contributed by atoms with Gasteiger partial charge in [0, 0.05) is 6.92 Å². The highest BCUT2D eigenvalue weighted by atomic mass is 32.2. The fraction of sp³-hybridized carbons (Fsp3) is 0.500. The topological polar surface area (TPSA) is 66.0 Å². The molecule has 0 atom stereocenters. The number of aromatic nitrogens is 2. The fourth-order valence-electron chi connectivity index (χ4n) is 1.08. The zero-order chi connectivity index (χ0) is 12.8. The van der Waals surface area contributed by atoms with E-state index in [1.54, 1.807) is 0 Å². The van der Waals surface area contributed by atoms with Gasteiger partial charge in [0.05, 0.1) is 29.5 Å². The molecule has 0 radical (unpaired) electrons. The minimum absolute atomic E-state index is 0.479. The molecule has 0 aliphatic heterocycles. The van der Waals surface area contributed by atoms with E-state index in [0.717, 1.165) is 12.6 Å². The second-order valence-corrected chi connectivity index (χ2v) is 4.70. The van der Waals surface area contributed by atoms with E-state index >= 15 is 0 Å². The first kappa shape index (κ1) is 14.9. The Labute approximate surface area is 96.8 Å². The maximum absolute atomic E-state index is 9.60. The predicted molar refractivity (Wildman–Crippen MR) is 60.8 cm³/mol. The molecule has 1 rings (SSSR count). The quantitative estimate of drug-likeness (QED) is 0.439. The average molecular weight is 246 g/mol. The average Bonchev–Trinajstić information content (AvgIpc) is 2.46. The maximum Gasteiger partial charge on any atom is 0.252 e. The number of aryl methyl sites for hydroxylation is 2. The highest BCUT2D eigenvalue weighted by Crippen LogP contribution is 1.89. The number of hydrogen-bond donors (Lipinski definition) is 0. The van der Waals surface area contributed by atoms with Crippen LogP contribution in [0.15, 0.2) is 25.0 Å². The molecule has 6 heteroatoms. The molecule has 1 aromatic rings. The first-order valence-corrected chi connectivity index (χ1v) is 6.45. The van der Waals surface area contributed by atoms with E-state index in [9.17, 15) is 13.0 Å². The standard InChI is InChI=1S/C7H13N2.C3H6O3S/c1-4-9-6-5-8(3)7(9)2;1-2-3-7(4,5)6/h5-6H,4H2,1-3H3;2H,1,3H2,(H,4,5,6)/q+1;/p-1. The number of hydrogen-bond acceptors (Lipinski definition) is 3. The molecule has 1 aromatic heterocycles. The summed E-state index contributed by atoms with van der Waals surface area (Å²) in [7, 11) is -1.99. The van der Waals surface area contributed by atoms with Gasteiger partial charge < -0.3 is 4.55 Å². The van der Waals surface area contributed by atoms with Crippen LogP contribution in [-0.4, -0.2) is 23.3 Å². The summed E-state index contributed by atoms with van der Waals surface area (Å²) in [6, 6.07) is 0. The lowest BCUT2D eigenvalue weighted by molar-refractivity contribution is -0.677. The largest absolute Gasteiger partial charge is 0.748 e. The summed E-state index contributed by atoms with van der Waals surface area (Å²) >= 11 is 0. The van der Waals surface area contributed by atoms with Gasteiger partial charge in [-0.2, -0.15) is 0 Å². The van der Waals surface area contributed by atoms with Crippen molar-refractivity contribution in [3.8, 4) is 0 Å². The van der Waals surface area contributed by atoms with Crippen LogP contribution in [0.25, 0.3) is 0 Å². The second-order valence-electron chi connectivity index (χ2n) is 3.26. The molecule has 0 fully saturated rings. The van der Waals surface area contributed by atoms with Crippen LogP contribution in [0.3, 0.4) is 0 Å². The van der Waals surface area contributed by atoms with Gasteiger partial charge in [0.15, 0.2) is 0 Å². The van der Waals surface area contributed by atoms with E-state index in [-0.39, 0.29) is 0 Å². The Balaban J connectivity index is 0.000000293. The minimum Gasteiger partial charge on any atom is -0.748 e. The van der Waals surface area contributed by atoms with E-state index in [1.165, 1.54) is 5.82 Å². The van der Waals surface area contributed by atoms with Gasteiger partial charge in [-0.1, -0.05) is 6.08 Å². The third-order valence-corrected chi connectivity index (χ3v) is 2.70. The van der Waals surface area contributed by atoms with Gasteiger partial charge >= 0.3 is 0 Å². The van der Waals surface area contributed by atoms with Crippen LogP contribution in [0, 0.1) is 6.92 Å². The highest BCUT2D eigenvalue weighted by Gasteiger charge is 2.03. The van der Waals surface area contributed by atoms with Crippen LogP contribution in [0.4, 0.5) is 0 Å². The minimum atomic E-state index is -4.04. The first-order valence-electron chi connectivity index (χ1n) is 4.87. The smallest absolute Gasteiger partial charge is 0.252 e. The number of nitrogens with zero attached hydrogens (tertiary/aromatic N) is 2. The molecule has 0 aromatic carbocycles. The van der Waals surface area contributed by atoms with E-state index in [4.69, 9.17) is 0 Å². The molecule has 0 bridgehead atoms. The molecular formula is C10H18N2O3S. The Bertz CT molecular complexity index is 435. The summed E-state index contributed by atoms with van der Waals surface area (Å²) in [5.41, 5.74) is 0. The summed E-state index contributed by atoms with van der Waals surface area (Å²) in [6.45, 7) is 8.39. The van der Waals surface area contributed by atoms with Crippen molar-refractivity contribution in [2.75, 3.05) is 5.75 Å². The normalized spacial score (nSPS) is 10.5. The second kappa shape index (κ2) is 6.44. The van der Waals surface area contributed by atoms with Crippen LogP contribution < -0.4 is 4.57 Å². The van der Waals surface area contributed by atoms with Crippen molar-refractivity contribution >= 4 is 10.1 Å². The SMILES string of the molecule is C=CCS(=O)(=O)[O-].CCn1cc[n+](C)c1C. The molecule has 16 heavy (non-hydrogen) atoms. The van der Waals surface area contributed by atoms with Crippen LogP contribution in [0.1, 0.15) is 12.7 Å². The molecule has 0 aliphatic rings. The third kappa shape index (κ3) is 5.67. The lowest BCUT2D eigenvalue weighted by atomic mass is 10.6. The van der Waals surface area contributed by atoms with E-state index in [1.807, 2.05) is 0 Å². The molecule has 5 nitrogen and oxygen atoms in total. The Morgan fingerprint density at radius 2 is 2.19 bits per heavy atom. The van der Waals surface area contributed by atoms with Crippen molar-refractivity contribution in [3.05, 3.63) is 30.9 Å². The highest BCUT2D eigenvalue weighted by molar-refractivity contribution is 7.85. The molecule has 0 unspecified atom stereocenters. The predicted octanol–water partition coefficient (Wildman–Crippen LogP) is 0.359. The zero-order valence-electron chi connectivity index (χ0n) is 9.88. The first-order chi connectivity index (χ1) is 7.31. The van der Waals surface area contributed by atoms with E-state index in [2.05, 4.69) is 49.0 Å². The van der Waals surface area contributed by atoms with Crippen LogP contribution in [-0.2, 0) is 23.7 Å². The summed E-state index contributed by atoms with van der Waals surface area (Å²) in [6.07, 6.45) is 5.22. The summed E-state index contributed by atoms with van der Waals surface area (Å²) in [5.74, 6) is 0.824. The van der Waals surface area contributed by atoms with Crippen LogP contribution in [0.2, 0.25) is 0 Å². The molecular weight excluding hydrogens is 228 g/mol. The molecule has 0 saturated heterocycles. The van der Waals surface area contributed by atoms with Gasteiger partial charge in [0.2, 0.25) is 0 Å². The Morgan fingerprint density at radius 1 is 1.62 bits per heavy atom. The van der Waals surface area contributed by atoms with Crippen molar-refractivity contribution in [1.29, 1.82) is 0 Å². The van der Waals surface area contributed by atoms with Gasteiger partial charge in [-0.3, -0.25) is 0 Å². The Hall–Kier alpha value is -1.14. The zero-order valence-corrected chi connectivity index (χ0v) is 10.7. The molecule has 0 saturated carbocycles. The van der Waals surface area contributed by atoms with Gasteiger partial charge in [-0.25, -0.2) is 17.6 Å². The molecule has 0 spiro atoms. The maximum atomic E-state index is 9.60. The lowest BCUT2D eigenvalue weighted by Gasteiger charge is -1.98. The van der Waals surface area contributed by atoms with Gasteiger partial charge in [-0.15, -0.1) is 6.58 Å². The summed E-state index contributed by atoms with van der Waals surface area (Å²) in [4.78, 5) is 0. The van der Waals surface area contributed by atoms with Crippen LogP contribution in [0.5, 0.6) is 0 Å². The summed E-state index contributed by atoms with van der Waals surface area (Å²) in [5, 5.41) is 0. The molecule has 0 N–H and O–H groups in total.